The number of carbonyl (C=O) groups excluding carboxylic acids is 1. The lowest BCUT2D eigenvalue weighted by Gasteiger charge is -2.25. The third-order valence-electron chi connectivity index (χ3n) is 4.70. The van der Waals surface area contributed by atoms with Crippen molar-refractivity contribution < 1.29 is 13.9 Å². The first-order valence-electron chi connectivity index (χ1n) is 7.75. The lowest BCUT2D eigenvalue weighted by molar-refractivity contribution is 0.0705. The first-order valence-corrected chi connectivity index (χ1v) is 7.75. The number of hydrogen-bond donors (Lipinski definition) is 0. The SMILES string of the molecule is COc1cc(N2CC[C@@H]3[C@@H]2CCN3C(=O)c2ccco2)ncn1. The van der Waals surface area contributed by atoms with Gasteiger partial charge in [0.25, 0.3) is 5.91 Å². The van der Waals surface area contributed by atoms with Crippen LogP contribution in [0, 0.1) is 0 Å². The standard InChI is InChI=1S/C16H18N4O3/c1-22-15-9-14(17-10-18-15)19-6-4-12-11(19)5-7-20(12)16(21)13-3-2-8-23-13/h2-3,8-12H,4-7H2,1H3/t11-,12+/m0/s1. The summed E-state index contributed by atoms with van der Waals surface area (Å²) in [6, 6.07) is 5.80. The van der Waals surface area contributed by atoms with Crippen LogP contribution in [0.3, 0.4) is 0 Å². The monoisotopic (exact) mass is 314 g/mol. The normalized spacial score (nSPS) is 23.2. The number of aromatic nitrogens is 2. The molecule has 2 saturated heterocycles. The molecular weight excluding hydrogens is 296 g/mol. The lowest BCUT2D eigenvalue weighted by Crippen LogP contribution is -2.39. The topological polar surface area (TPSA) is 71.7 Å². The zero-order chi connectivity index (χ0) is 15.8. The minimum absolute atomic E-state index is 0.0235. The zero-order valence-corrected chi connectivity index (χ0v) is 12.9. The van der Waals surface area contributed by atoms with Crippen molar-refractivity contribution in [1.29, 1.82) is 0 Å². The summed E-state index contributed by atoms with van der Waals surface area (Å²) in [6.07, 6.45) is 4.92. The van der Waals surface area contributed by atoms with Crippen molar-refractivity contribution in [2.45, 2.75) is 24.9 Å². The van der Waals surface area contributed by atoms with E-state index in [1.54, 1.807) is 19.2 Å². The molecule has 0 bridgehead atoms. The number of fused-ring (bicyclic) bond motifs is 1. The summed E-state index contributed by atoms with van der Waals surface area (Å²) in [4.78, 5) is 25.2. The number of carbonyl (C=O) groups is 1. The van der Waals surface area contributed by atoms with Gasteiger partial charge in [0.15, 0.2) is 5.76 Å². The van der Waals surface area contributed by atoms with Gasteiger partial charge in [-0.3, -0.25) is 4.79 Å². The highest BCUT2D eigenvalue weighted by atomic mass is 16.5. The number of methoxy groups -OCH3 is 1. The van der Waals surface area contributed by atoms with E-state index in [2.05, 4.69) is 14.9 Å². The minimum Gasteiger partial charge on any atom is -0.481 e. The molecular formula is C16H18N4O3. The van der Waals surface area contributed by atoms with Gasteiger partial charge in [-0.05, 0) is 25.0 Å². The Morgan fingerprint density at radius 2 is 2.17 bits per heavy atom. The molecule has 2 aromatic heterocycles. The van der Waals surface area contributed by atoms with Gasteiger partial charge >= 0.3 is 0 Å². The predicted octanol–water partition coefficient (Wildman–Crippen LogP) is 1.57. The molecule has 2 aliphatic rings. The molecule has 2 aromatic rings. The van der Waals surface area contributed by atoms with E-state index in [-0.39, 0.29) is 18.0 Å². The second-order valence-corrected chi connectivity index (χ2v) is 5.80. The highest BCUT2D eigenvalue weighted by Gasteiger charge is 2.45. The summed E-state index contributed by atoms with van der Waals surface area (Å²) in [5.74, 6) is 1.80. The maximum absolute atomic E-state index is 12.6. The van der Waals surface area contributed by atoms with Crippen LogP contribution in [0.5, 0.6) is 5.88 Å². The van der Waals surface area contributed by atoms with Gasteiger partial charge in [0.1, 0.15) is 12.1 Å². The van der Waals surface area contributed by atoms with Crippen LogP contribution >= 0.6 is 0 Å². The lowest BCUT2D eigenvalue weighted by atomic mass is 10.1. The second kappa shape index (κ2) is 5.57. The molecule has 0 N–H and O–H groups in total. The zero-order valence-electron chi connectivity index (χ0n) is 12.9. The van der Waals surface area contributed by atoms with E-state index >= 15 is 0 Å². The Bertz CT molecular complexity index is 703. The number of likely N-dealkylation sites (tertiary alicyclic amines) is 1. The molecule has 1 amide bonds. The molecule has 4 rings (SSSR count). The molecule has 120 valence electrons. The number of nitrogens with zero attached hydrogens (tertiary/aromatic N) is 4. The molecule has 0 spiro atoms. The third-order valence-corrected chi connectivity index (χ3v) is 4.70. The van der Waals surface area contributed by atoms with Crippen molar-refractivity contribution in [2.75, 3.05) is 25.1 Å². The van der Waals surface area contributed by atoms with Crippen LogP contribution in [0.25, 0.3) is 0 Å². The molecule has 7 heteroatoms. The summed E-state index contributed by atoms with van der Waals surface area (Å²) < 4.78 is 10.4. The number of ether oxygens (including phenoxy) is 1. The highest BCUT2D eigenvalue weighted by Crippen LogP contribution is 2.35. The Hall–Kier alpha value is -2.57. The summed E-state index contributed by atoms with van der Waals surface area (Å²) >= 11 is 0. The van der Waals surface area contributed by atoms with E-state index in [1.807, 2.05) is 11.0 Å². The van der Waals surface area contributed by atoms with Crippen molar-refractivity contribution >= 4 is 11.7 Å². The smallest absolute Gasteiger partial charge is 0.289 e. The summed E-state index contributed by atoms with van der Waals surface area (Å²) in [7, 11) is 1.60. The predicted molar refractivity (Wildman–Crippen MR) is 82.5 cm³/mol. The number of hydrogen-bond acceptors (Lipinski definition) is 6. The van der Waals surface area contributed by atoms with Gasteiger partial charge in [-0.25, -0.2) is 9.97 Å². The van der Waals surface area contributed by atoms with Crippen LogP contribution in [0.15, 0.2) is 35.2 Å². The molecule has 2 fully saturated rings. The maximum Gasteiger partial charge on any atom is 0.289 e. The Labute approximate surface area is 133 Å². The Morgan fingerprint density at radius 3 is 2.96 bits per heavy atom. The van der Waals surface area contributed by atoms with Crippen LogP contribution in [-0.2, 0) is 0 Å². The van der Waals surface area contributed by atoms with Crippen LogP contribution in [0.1, 0.15) is 23.4 Å². The van der Waals surface area contributed by atoms with E-state index in [9.17, 15) is 4.79 Å². The average Bonchev–Trinajstić information content (AvgIpc) is 3.31. The molecule has 0 unspecified atom stereocenters. The van der Waals surface area contributed by atoms with Gasteiger partial charge < -0.3 is 19.0 Å². The van der Waals surface area contributed by atoms with Crippen molar-refractivity contribution in [3.8, 4) is 5.88 Å². The van der Waals surface area contributed by atoms with Crippen LogP contribution < -0.4 is 9.64 Å². The first kappa shape index (κ1) is 14.0. The van der Waals surface area contributed by atoms with Crippen LogP contribution in [-0.4, -0.2) is 53.1 Å². The summed E-state index contributed by atoms with van der Waals surface area (Å²) in [6.45, 7) is 1.62. The second-order valence-electron chi connectivity index (χ2n) is 5.80. The van der Waals surface area contributed by atoms with Gasteiger partial charge in [-0.2, -0.15) is 0 Å². The Kier molecular flexibility index (Phi) is 3.40. The molecule has 23 heavy (non-hydrogen) atoms. The largest absolute Gasteiger partial charge is 0.481 e. The van der Waals surface area contributed by atoms with Gasteiger partial charge in [0.05, 0.1) is 25.5 Å². The Balaban J connectivity index is 1.54. The van der Waals surface area contributed by atoms with Crippen molar-refractivity contribution in [2.24, 2.45) is 0 Å². The van der Waals surface area contributed by atoms with Crippen molar-refractivity contribution in [1.82, 2.24) is 14.9 Å². The summed E-state index contributed by atoms with van der Waals surface area (Å²) in [5.41, 5.74) is 0. The van der Waals surface area contributed by atoms with Gasteiger partial charge in [-0.1, -0.05) is 0 Å². The van der Waals surface area contributed by atoms with Gasteiger partial charge in [0, 0.05) is 19.2 Å². The van der Waals surface area contributed by atoms with Crippen molar-refractivity contribution in [3.05, 3.63) is 36.5 Å². The molecule has 4 heterocycles. The van der Waals surface area contributed by atoms with E-state index < -0.39 is 0 Å². The molecule has 7 nitrogen and oxygen atoms in total. The molecule has 2 atom stereocenters. The minimum atomic E-state index is -0.0235. The fraction of sp³-hybridized carbons (Fsp3) is 0.438. The maximum atomic E-state index is 12.6. The fourth-order valence-corrected chi connectivity index (χ4v) is 3.66. The average molecular weight is 314 g/mol. The van der Waals surface area contributed by atoms with Gasteiger partial charge in [-0.15, -0.1) is 0 Å². The number of furan rings is 1. The molecule has 0 aromatic carbocycles. The fourth-order valence-electron chi connectivity index (χ4n) is 3.66. The van der Waals surface area contributed by atoms with Crippen LogP contribution in [0.2, 0.25) is 0 Å². The number of amides is 1. The molecule has 0 aliphatic carbocycles. The summed E-state index contributed by atoms with van der Waals surface area (Å²) in [5, 5.41) is 0. The number of rotatable bonds is 3. The van der Waals surface area contributed by atoms with E-state index in [0.717, 1.165) is 31.7 Å². The first-order chi connectivity index (χ1) is 11.3. The van der Waals surface area contributed by atoms with Crippen LogP contribution in [0.4, 0.5) is 5.82 Å². The molecule has 0 radical (unpaired) electrons. The van der Waals surface area contributed by atoms with E-state index in [4.69, 9.17) is 9.15 Å². The van der Waals surface area contributed by atoms with E-state index in [1.165, 1.54) is 12.6 Å². The molecule has 2 aliphatic heterocycles. The molecule has 0 saturated carbocycles. The third kappa shape index (κ3) is 2.32. The van der Waals surface area contributed by atoms with Gasteiger partial charge in [0.2, 0.25) is 5.88 Å². The van der Waals surface area contributed by atoms with Crippen molar-refractivity contribution in [3.63, 3.8) is 0 Å². The Morgan fingerprint density at radius 1 is 1.30 bits per heavy atom. The highest BCUT2D eigenvalue weighted by molar-refractivity contribution is 5.92. The van der Waals surface area contributed by atoms with E-state index in [0.29, 0.717) is 11.6 Å². The number of anilines is 1. The quantitative estimate of drug-likeness (QED) is 0.856.